The molecule has 1 aliphatic rings. The highest BCUT2D eigenvalue weighted by Gasteiger charge is 2.13. The summed E-state index contributed by atoms with van der Waals surface area (Å²) in [5.74, 6) is 2.01. The summed E-state index contributed by atoms with van der Waals surface area (Å²) in [5, 5.41) is 0. The van der Waals surface area contributed by atoms with Crippen LogP contribution in [-0.4, -0.2) is 0 Å². The maximum absolute atomic E-state index is 5.73. The van der Waals surface area contributed by atoms with Crippen LogP contribution in [-0.2, 0) is 6.42 Å². The van der Waals surface area contributed by atoms with Gasteiger partial charge in [0.05, 0.1) is 0 Å². The molecule has 72 valence electrons. The van der Waals surface area contributed by atoms with E-state index in [4.69, 9.17) is 4.74 Å². The van der Waals surface area contributed by atoms with Crippen LogP contribution in [0.2, 0.25) is 0 Å². The van der Waals surface area contributed by atoms with Crippen molar-refractivity contribution in [2.75, 3.05) is 0 Å². The van der Waals surface area contributed by atoms with Gasteiger partial charge in [-0.05, 0) is 31.1 Å². The van der Waals surface area contributed by atoms with E-state index in [0.717, 1.165) is 17.9 Å². The molecule has 0 bridgehead atoms. The fraction of sp³-hybridized carbons (Fsp3) is 0.231. The van der Waals surface area contributed by atoms with E-state index in [1.54, 1.807) is 0 Å². The number of fused-ring (bicyclic) bond motifs is 1. The molecule has 1 aromatic rings. The molecule has 0 unspecified atom stereocenters. The molecule has 0 N–H and O–H groups in total. The molecule has 0 aromatic heterocycles. The topological polar surface area (TPSA) is 9.23 Å². The zero-order valence-electron chi connectivity index (χ0n) is 8.58. The van der Waals surface area contributed by atoms with Gasteiger partial charge in [0, 0.05) is 6.42 Å². The lowest BCUT2D eigenvalue weighted by Gasteiger charge is -2.19. The van der Waals surface area contributed by atoms with E-state index in [-0.39, 0.29) is 0 Å². The Morgan fingerprint density at radius 1 is 1.29 bits per heavy atom. The molecule has 1 nitrogen and oxygen atoms in total. The largest absolute Gasteiger partial charge is 0.461 e. The Morgan fingerprint density at radius 2 is 2.07 bits per heavy atom. The number of para-hydroxylation sites is 1. The summed E-state index contributed by atoms with van der Waals surface area (Å²) in [6, 6.07) is 8.19. The number of hydrogen-bond acceptors (Lipinski definition) is 1. The Kier molecular flexibility index (Phi) is 2.40. The second-order valence-electron chi connectivity index (χ2n) is 3.47. The standard InChI is InChI=1S/C13H14O/c1-3-6-11-9-12-7-4-5-8-13(12)14-10(11)2/h3-8H,9H2,1-2H3/b6-3-. The first-order chi connectivity index (χ1) is 6.81. The summed E-state index contributed by atoms with van der Waals surface area (Å²) in [4.78, 5) is 0. The molecule has 1 aliphatic heterocycles. The molecule has 2 rings (SSSR count). The summed E-state index contributed by atoms with van der Waals surface area (Å²) in [7, 11) is 0. The van der Waals surface area contributed by atoms with E-state index in [1.165, 1.54) is 11.1 Å². The van der Waals surface area contributed by atoms with Crippen LogP contribution in [0.15, 0.2) is 47.7 Å². The molecular formula is C13H14O. The molecule has 0 spiro atoms. The minimum Gasteiger partial charge on any atom is -0.461 e. The molecule has 1 heterocycles. The predicted octanol–water partition coefficient (Wildman–Crippen LogP) is 3.47. The van der Waals surface area contributed by atoms with Crippen LogP contribution in [0.5, 0.6) is 5.75 Å². The first kappa shape index (κ1) is 9.07. The third-order valence-electron chi connectivity index (χ3n) is 2.44. The van der Waals surface area contributed by atoms with Gasteiger partial charge in [-0.15, -0.1) is 0 Å². The summed E-state index contributed by atoms with van der Waals surface area (Å²) >= 11 is 0. The Morgan fingerprint density at radius 3 is 2.86 bits per heavy atom. The van der Waals surface area contributed by atoms with E-state index >= 15 is 0 Å². The molecule has 0 atom stereocenters. The van der Waals surface area contributed by atoms with Gasteiger partial charge in [-0.2, -0.15) is 0 Å². The fourth-order valence-electron chi connectivity index (χ4n) is 1.69. The highest BCUT2D eigenvalue weighted by atomic mass is 16.5. The predicted molar refractivity (Wildman–Crippen MR) is 58.3 cm³/mol. The summed E-state index contributed by atoms with van der Waals surface area (Å²) < 4.78 is 5.73. The Balaban J connectivity index is 2.36. The monoisotopic (exact) mass is 186 g/mol. The van der Waals surface area contributed by atoms with Gasteiger partial charge < -0.3 is 4.74 Å². The van der Waals surface area contributed by atoms with Gasteiger partial charge in [0.25, 0.3) is 0 Å². The molecule has 1 heteroatoms. The van der Waals surface area contributed by atoms with E-state index in [9.17, 15) is 0 Å². The van der Waals surface area contributed by atoms with Crippen molar-refractivity contribution in [1.29, 1.82) is 0 Å². The van der Waals surface area contributed by atoms with Gasteiger partial charge >= 0.3 is 0 Å². The lowest BCUT2D eigenvalue weighted by Crippen LogP contribution is -2.06. The highest BCUT2D eigenvalue weighted by molar-refractivity contribution is 5.43. The maximum atomic E-state index is 5.73. The molecule has 0 amide bonds. The van der Waals surface area contributed by atoms with Crippen molar-refractivity contribution in [2.24, 2.45) is 0 Å². The Hall–Kier alpha value is -1.50. The molecular weight excluding hydrogens is 172 g/mol. The zero-order valence-corrected chi connectivity index (χ0v) is 8.58. The van der Waals surface area contributed by atoms with Crippen molar-refractivity contribution < 1.29 is 4.74 Å². The summed E-state index contributed by atoms with van der Waals surface area (Å²) in [5.41, 5.74) is 2.54. The lowest BCUT2D eigenvalue weighted by molar-refractivity contribution is 0.406. The molecule has 14 heavy (non-hydrogen) atoms. The summed E-state index contributed by atoms with van der Waals surface area (Å²) in [6.45, 7) is 4.05. The smallest absolute Gasteiger partial charge is 0.130 e. The van der Waals surface area contributed by atoms with Crippen LogP contribution < -0.4 is 4.74 Å². The first-order valence-electron chi connectivity index (χ1n) is 4.89. The minimum atomic E-state index is 0.979. The van der Waals surface area contributed by atoms with Crippen LogP contribution in [0, 0.1) is 0 Å². The van der Waals surface area contributed by atoms with Crippen molar-refractivity contribution in [1.82, 2.24) is 0 Å². The third kappa shape index (κ3) is 1.58. The van der Waals surface area contributed by atoms with Gasteiger partial charge in [-0.25, -0.2) is 0 Å². The Bertz CT molecular complexity index is 399. The van der Waals surface area contributed by atoms with Crippen molar-refractivity contribution in [3.8, 4) is 5.75 Å². The third-order valence-corrected chi connectivity index (χ3v) is 2.44. The normalized spacial score (nSPS) is 15.6. The average molecular weight is 186 g/mol. The average Bonchev–Trinajstić information content (AvgIpc) is 2.19. The van der Waals surface area contributed by atoms with E-state index in [1.807, 2.05) is 26.0 Å². The van der Waals surface area contributed by atoms with Crippen molar-refractivity contribution >= 4 is 0 Å². The number of benzene rings is 1. The number of allylic oxidation sites excluding steroid dienone is 4. The van der Waals surface area contributed by atoms with Crippen LogP contribution in [0.25, 0.3) is 0 Å². The van der Waals surface area contributed by atoms with Crippen LogP contribution in [0.4, 0.5) is 0 Å². The molecule has 0 saturated heterocycles. The number of ether oxygens (including phenoxy) is 1. The first-order valence-corrected chi connectivity index (χ1v) is 4.89. The van der Waals surface area contributed by atoms with Gasteiger partial charge in [-0.1, -0.05) is 30.4 Å². The second-order valence-corrected chi connectivity index (χ2v) is 3.47. The number of rotatable bonds is 1. The minimum absolute atomic E-state index is 0.979. The van der Waals surface area contributed by atoms with Gasteiger partial charge in [0.2, 0.25) is 0 Å². The van der Waals surface area contributed by atoms with Gasteiger partial charge in [-0.3, -0.25) is 0 Å². The van der Waals surface area contributed by atoms with Gasteiger partial charge in [0.1, 0.15) is 11.5 Å². The van der Waals surface area contributed by atoms with Crippen molar-refractivity contribution in [3.63, 3.8) is 0 Å². The van der Waals surface area contributed by atoms with Crippen LogP contribution in [0.1, 0.15) is 19.4 Å². The van der Waals surface area contributed by atoms with Crippen LogP contribution in [0.3, 0.4) is 0 Å². The molecule has 0 saturated carbocycles. The molecule has 0 aliphatic carbocycles. The lowest BCUT2D eigenvalue weighted by atomic mass is 10.0. The zero-order chi connectivity index (χ0) is 9.97. The fourth-order valence-corrected chi connectivity index (χ4v) is 1.69. The Labute approximate surface area is 84.7 Å². The van der Waals surface area contributed by atoms with Crippen molar-refractivity contribution in [2.45, 2.75) is 20.3 Å². The molecule has 1 aromatic carbocycles. The molecule has 0 fully saturated rings. The highest BCUT2D eigenvalue weighted by Crippen LogP contribution is 2.29. The van der Waals surface area contributed by atoms with Gasteiger partial charge in [0.15, 0.2) is 0 Å². The van der Waals surface area contributed by atoms with Crippen molar-refractivity contribution in [3.05, 3.63) is 53.3 Å². The quantitative estimate of drug-likeness (QED) is 0.652. The molecule has 0 radical (unpaired) electrons. The van der Waals surface area contributed by atoms with E-state index < -0.39 is 0 Å². The van der Waals surface area contributed by atoms with Crippen LogP contribution >= 0.6 is 0 Å². The summed E-state index contributed by atoms with van der Waals surface area (Å²) in [6.07, 6.45) is 5.15. The maximum Gasteiger partial charge on any atom is 0.130 e. The SMILES string of the molecule is C/C=C\C1=C(C)Oc2ccccc2C1. The van der Waals surface area contributed by atoms with E-state index in [2.05, 4.69) is 24.3 Å². The second kappa shape index (κ2) is 3.70. The number of hydrogen-bond donors (Lipinski definition) is 0. The van der Waals surface area contributed by atoms with E-state index in [0.29, 0.717) is 0 Å².